The highest BCUT2D eigenvalue weighted by atomic mass is 16.5. The van der Waals surface area contributed by atoms with Crippen molar-refractivity contribution in [3.05, 3.63) is 72.7 Å². The lowest BCUT2D eigenvalue weighted by Crippen LogP contribution is -2.38. The van der Waals surface area contributed by atoms with Crippen LogP contribution < -0.4 is 20.7 Å². The summed E-state index contributed by atoms with van der Waals surface area (Å²) in [6.07, 6.45) is 6.17. The average Bonchev–Trinajstić information content (AvgIpc) is 3.39. The number of urea groups is 1. The molecule has 0 spiro atoms. The van der Waals surface area contributed by atoms with E-state index in [1.165, 1.54) is 0 Å². The minimum absolute atomic E-state index is 0.236. The van der Waals surface area contributed by atoms with Crippen LogP contribution in [0.15, 0.2) is 67.1 Å². The van der Waals surface area contributed by atoms with Crippen LogP contribution in [0.4, 0.5) is 16.3 Å². The van der Waals surface area contributed by atoms with Crippen LogP contribution in [0, 0.1) is 0 Å². The number of anilines is 2. The number of morpholine rings is 1. The Labute approximate surface area is 222 Å². The zero-order chi connectivity index (χ0) is 26.2. The van der Waals surface area contributed by atoms with Crippen LogP contribution in [0.3, 0.4) is 0 Å². The molecule has 0 aliphatic carbocycles. The van der Waals surface area contributed by atoms with Gasteiger partial charge in [-0.15, -0.1) is 0 Å². The van der Waals surface area contributed by atoms with Crippen LogP contribution in [0.25, 0.3) is 16.9 Å². The van der Waals surface area contributed by atoms with Gasteiger partial charge in [0.2, 0.25) is 0 Å². The van der Waals surface area contributed by atoms with Crippen molar-refractivity contribution in [1.29, 1.82) is 0 Å². The van der Waals surface area contributed by atoms with E-state index in [2.05, 4.69) is 30.8 Å². The molecule has 1 aliphatic rings. The third kappa shape index (κ3) is 6.39. The number of carbonyl (C=O) groups is 1. The standard InChI is InChI=1S/C28H33N7O3/c1-29-26-27-32-20-25(35(27)13-12-30-26)22-4-6-23(7-5-22)33-28(36)31-11-10-21-2-8-24(9-3-21)38-19-16-34-14-17-37-18-15-34/h2-9,12-13,20H,10-11,14-19H2,1H3,(H,29,30)(H2,31,33,36). The highest BCUT2D eigenvalue weighted by molar-refractivity contribution is 5.89. The molecule has 2 amide bonds. The summed E-state index contributed by atoms with van der Waals surface area (Å²) >= 11 is 0. The van der Waals surface area contributed by atoms with Gasteiger partial charge in [0.05, 0.1) is 25.1 Å². The number of rotatable bonds is 10. The van der Waals surface area contributed by atoms with Gasteiger partial charge in [-0.2, -0.15) is 0 Å². The molecule has 2 aromatic carbocycles. The van der Waals surface area contributed by atoms with Gasteiger partial charge >= 0.3 is 6.03 Å². The van der Waals surface area contributed by atoms with Crippen molar-refractivity contribution in [2.75, 3.05) is 63.7 Å². The maximum Gasteiger partial charge on any atom is 0.319 e. The second-order valence-electron chi connectivity index (χ2n) is 9.02. The zero-order valence-corrected chi connectivity index (χ0v) is 21.5. The number of imidazole rings is 1. The fourth-order valence-corrected chi connectivity index (χ4v) is 4.40. The smallest absolute Gasteiger partial charge is 0.319 e. The number of hydrogen-bond donors (Lipinski definition) is 3. The number of aromatic nitrogens is 3. The van der Waals surface area contributed by atoms with E-state index in [0.29, 0.717) is 13.2 Å². The summed E-state index contributed by atoms with van der Waals surface area (Å²) in [6.45, 7) is 5.63. The lowest BCUT2D eigenvalue weighted by atomic mass is 10.1. The monoisotopic (exact) mass is 515 g/mol. The molecule has 10 heteroatoms. The number of nitrogens with one attached hydrogen (secondary N) is 3. The van der Waals surface area contributed by atoms with E-state index in [-0.39, 0.29) is 6.03 Å². The summed E-state index contributed by atoms with van der Waals surface area (Å²) in [5, 5.41) is 8.86. The van der Waals surface area contributed by atoms with Crippen molar-refractivity contribution in [1.82, 2.24) is 24.6 Å². The van der Waals surface area contributed by atoms with Crippen LogP contribution in [0.5, 0.6) is 5.75 Å². The number of benzene rings is 2. The van der Waals surface area contributed by atoms with E-state index >= 15 is 0 Å². The molecule has 1 saturated heterocycles. The van der Waals surface area contributed by atoms with Crippen molar-refractivity contribution in [3.8, 4) is 17.0 Å². The van der Waals surface area contributed by atoms with Crippen molar-refractivity contribution in [3.63, 3.8) is 0 Å². The second kappa shape index (κ2) is 12.4. The highest BCUT2D eigenvalue weighted by Gasteiger charge is 2.11. The van der Waals surface area contributed by atoms with Gasteiger partial charge in [-0.3, -0.25) is 9.30 Å². The van der Waals surface area contributed by atoms with Crippen LogP contribution in [0.1, 0.15) is 5.56 Å². The molecule has 3 heterocycles. The van der Waals surface area contributed by atoms with Crippen molar-refractivity contribution in [2.45, 2.75) is 6.42 Å². The predicted molar refractivity (Wildman–Crippen MR) is 148 cm³/mol. The average molecular weight is 516 g/mol. The quantitative estimate of drug-likeness (QED) is 0.297. The molecule has 38 heavy (non-hydrogen) atoms. The Morgan fingerprint density at radius 2 is 1.84 bits per heavy atom. The third-order valence-electron chi connectivity index (χ3n) is 6.51. The Bertz CT molecular complexity index is 1330. The molecule has 198 valence electrons. The van der Waals surface area contributed by atoms with Crippen LogP contribution in [-0.2, 0) is 11.2 Å². The van der Waals surface area contributed by atoms with E-state index in [1.54, 1.807) is 6.20 Å². The number of carbonyl (C=O) groups excluding carboxylic acids is 1. The van der Waals surface area contributed by atoms with E-state index < -0.39 is 0 Å². The maximum atomic E-state index is 12.4. The van der Waals surface area contributed by atoms with Gasteiger partial charge in [0.15, 0.2) is 11.5 Å². The molecular formula is C28H33N7O3. The summed E-state index contributed by atoms with van der Waals surface area (Å²) in [7, 11) is 1.82. The van der Waals surface area contributed by atoms with E-state index in [0.717, 1.165) is 79.0 Å². The van der Waals surface area contributed by atoms with Gasteiger partial charge in [-0.25, -0.2) is 14.8 Å². The highest BCUT2D eigenvalue weighted by Crippen LogP contribution is 2.24. The van der Waals surface area contributed by atoms with Crippen molar-refractivity contribution in [2.24, 2.45) is 0 Å². The Morgan fingerprint density at radius 1 is 1.05 bits per heavy atom. The minimum atomic E-state index is -0.236. The van der Waals surface area contributed by atoms with Crippen molar-refractivity contribution < 1.29 is 14.3 Å². The fourth-order valence-electron chi connectivity index (χ4n) is 4.40. The first-order valence-electron chi connectivity index (χ1n) is 12.9. The van der Waals surface area contributed by atoms with E-state index in [4.69, 9.17) is 9.47 Å². The molecule has 0 unspecified atom stereocenters. The number of nitrogens with zero attached hydrogens (tertiary/aromatic N) is 4. The predicted octanol–water partition coefficient (Wildman–Crippen LogP) is 3.51. The molecule has 10 nitrogen and oxygen atoms in total. The molecule has 3 N–H and O–H groups in total. The van der Waals surface area contributed by atoms with Gasteiger partial charge in [-0.05, 0) is 36.2 Å². The largest absolute Gasteiger partial charge is 0.492 e. The van der Waals surface area contributed by atoms with Crippen molar-refractivity contribution >= 4 is 23.2 Å². The summed E-state index contributed by atoms with van der Waals surface area (Å²) in [4.78, 5) is 23.5. The van der Waals surface area contributed by atoms with E-state index in [1.807, 2.05) is 72.4 Å². The second-order valence-corrected chi connectivity index (χ2v) is 9.02. The van der Waals surface area contributed by atoms with Gasteiger partial charge in [0.25, 0.3) is 0 Å². The molecule has 1 aliphatic heterocycles. The molecule has 0 bridgehead atoms. The Morgan fingerprint density at radius 3 is 2.61 bits per heavy atom. The summed E-state index contributed by atoms with van der Waals surface area (Å²) < 4.78 is 13.2. The first-order chi connectivity index (χ1) is 18.7. The molecule has 0 atom stereocenters. The SMILES string of the molecule is CNc1nccn2c(-c3ccc(NC(=O)NCCc4ccc(OCCN5CCOCC5)cc4)cc3)cnc12. The van der Waals surface area contributed by atoms with Crippen LogP contribution in [-0.4, -0.2) is 78.3 Å². The summed E-state index contributed by atoms with van der Waals surface area (Å²) in [5.41, 5.74) is 4.56. The Kier molecular flexibility index (Phi) is 8.32. The molecular weight excluding hydrogens is 482 g/mol. The molecule has 1 fully saturated rings. The summed E-state index contributed by atoms with van der Waals surface area (Å²) in [6, 6.07) is 15.5. The van der Waals surface area contributed by atoms with Crippen LogP contribution >= 0.6 is 0 Å². The van der Waals surface area contributed by atoms with E-state index in [9.17, 15) is 4.79 Å². The van der Waals surface area contributed by atoms with Gasteiger partial charge in [0, 0.05) is 56.9 Å². The first kappa shape index (κ1) is 25.5. The molecule has 0 saturated carbocycles. The lowest BCUT2D eigenvalue weighted by molar-refractivity contribution is 0.0322. The molecule has 2 aromatic heterocycles. The van der Waals surface area contributed by atoms with Gasteiger partial charge in [-0.1, -0.05) is 24.3 Å². The fraction of sp³-hybridized carbons (Fsp3) is 0.321. The zero-order valence-electron chi connectivity index (χ0n) is 21.5. The van der Waals surface area contributed by atoms with Gasteiger partial charge < -0.3 is 25.4 Å². The minimum Gasteiger partial charge on any atom is -0.492 e. The third-order valence-corrected chi connectivity index (χ3v) is 6.51. The number of hydrogen-bond acceptors (Lipinski definition) is 7. The molecule has 5 rings (SSSR count). The molecule has 4 aromatic rings. The molecule has 0 radical (unpaired) electrons. The lowest BCUT2D eigenvalue weighted by Gasteiger charge is -2.26. The first-order valence-corrected chi connectivity index (χ1v) is 12.9. The Balaban J connectivity index is 1.05. The van der Waals surface area contributed by atoms with Crippen LogP contribution in [0.2, 0.25) is 0 Å². The van der Waals surface area contributed by atoms with Gasteiger partial charge in [0.1, 0.15) is 12.4 Å². The number of fused-ring (bicyclic) bond motifs is 1. The Hall–Kier alpha value is -4.15. The number of ether oxygens (including phenoxy) is 2. The number of amides is 2. The topological polar surface area (TPSA) is 105 Å². The summed E-state index contributed by atoms with van der Waals surface area (Å²) in [5.74, 6) is 1.58. The maximum absolute atomic E-state index is 12.4. The normalized spacial score (nSPS) is 13.8.